The highest BCUT2D eigenvalue weighted by Crippen LogP contribution is 2.64. The molecule has 2 unspecified atom stereocenters. The number of aliphatic hydroxyl groups excluding tert-OH is 1. The van der Waals surface area contributed by atoms with Crippen LogP contribution in [0, 0.1) is 0 Å². The molecule has 0 saturated carbocycles. The Kier molecular flexibility index (Phi) is 11.5. The minimum absolute atomic E-state index is 0.0247. The van der Waals surface area contributed by atoms with Gasteiger partial charge in [0.15, 0.2) is 36.3 Å². The number of nitrogens with one attached hydrogen (secondary N) is 1. The number of urea groups is 1. The first-order chi connectivity index (χ1) is 28.2. The van der Waals surface area contributed by atoms with Gasteiger partial charge in [-0.25, -0.2) is 42.5 Å². The van der Waals surface area contributed by atoms with Crippen molar-refractivity contribution in [2.45, 2.75) is 61.2 Å². The summed E-state index contributed by atoms with van der Waals surface area (Å²) in [4.78, 5) is 49.0. The fourth-order valence-electron chi connectivity index (χ4n) is 6.43. The van der Waals surface area contributed by atoms with E-state index >= 15 is 8.78 Å². The Labute approximate surface area is 335 Å². The van der Waals surface area contributed by atoms with Crippen LogP contribution in [0.3, 0.4) is 0 Å². The number of hydrogen-bond acceptors (Lipinski definition) is 18. The van der Waals surface area contributed by atoms with Crippen molar-refractivity contribution in [3.63, 3.8) is 0 Å². The predicted molar refractivity (Wildman–Crippen MR) is 197 cm³/mol. The van der Waals surface area contributed by atoms with Crippen molar-refractivity contribution >= 4 is 55.0 Å². The highest BCUT2D eigenvalue weighted by atomic mass is 32.7. The lowest BCUT2D eigenvalue weighted by molar-refractivity contribution is -0.0689. The third-order valence-corrected chi connectivity index (χ3v) is 14.0. The van der Waals surface area contributed by atoms with Crippen LogP contribution in [0.4, 0.5) is 19.4 Å². The second kappa shape index (κ2) is 16.5. The van der Waals surface area contributed by atoms with Crippen molar-refractivity contribution in [1.29, 1.82) is 0 Å². The van der Waals surface area contributed by atoms with Crippen LogP contribution in [0.1, 0.15) is 22.1 Å². The number of carbonyl (C=O) groups excluding carboxylic acids is 2. The maximum Gasteiger partial charge on any atom is 0.472 e. The Morgan fingerprint density at radius 2 is 1.69 bits per heavy atom. The van der Waals surface area contributed by atoms with Gasteiger partial charge in [0.2, 0.25) is 0 Å². The maximum atomic E-state index is 16.4. The zero-order valence-corrected chi connectivity index (χ0v) is 32.6. The number of phenolic OH excluding ortho intramolecular Hbond substituents is 1. The van der Waals surface area contributed by atoms with Gasteiger partial charge in [-0.1, -0.05) is 12.1 Å². The molecule has 21 nitrogen and oxygen atoms in total. The number of phenols is 1. The second-order valence-electron chi connectivity index (χ2n) is 13.2. The molecule has 314 valence electrons. The van der Waals surface area contributed by atoms with E-state index in [2.05, 4.69) is 20.3 Å². The number of benzene rings is 2. The lowest BCUT2D eigenvalue weighted by Gasteiger charge is -2.30. The van der Waals surface area contributed by atoms with Gasteiger partial charge in [-0.05, 0) is 59.4 Å². The minimum Gasteiger partial charge on any atom is -0.508 e. The number of imidazole rings is 1. The van der Waals surface area contributed by atoms with E-state index in [9.17, 15) is 33.8 Å². The number of phosphoric ester groups is 1. The Bertz CT molecular complexity index is 2350. The number of hydrogen-bond donors (Lipinski definition) is 5. The van der Waals surface area contributed by atoms with Crippen LogP contribution < -0.4 is 15.8 Å². The zero-order valence-electron chi connectivity index (χ0n) is 30.0. The summed E-state index contributed by atoms with van der Waals surface area (Å²) in [6.07, 6.45) is -11.9. The molecular formula is C33H33F2N7O14P2S. The number of fused-ring (bicyclic) bond motifs is 4. The summed E-state index contributed by atoms with van der Waals surface area (Å²) < 4.78 is 101. The smallest absolute Gasteiger partial charge is 0.472 e. The minimum atomic E-state index is -5.27. The van der Waals surface area contributed by atoms with Gasteiger partial charge in [0.1, 0.15) is 54.0 Å². The number of carbonyl (C=O) groups is 2. The SMILES string of the molecule is Nc1ncnc2c1ncn2[C@@H]1O[C@@H]2CO[P@](=O)(SCc3ccc(OC(=O)c4ccc(O)cc4)cc3)O[C@H]3[C@@H](F)[C@H](N4C=CC(O)NC4=O)O[C@@H]3COP(=O)(O)O[C@@H]1[C@@H]2F. The Balaban J connectivity index is 1.07. The molecule has 59 heavy (non-hydrogen) atoms. The molecule has 2 aromatic carbocycles. The summed E-state index contributed by atoms with van der Waals surface area (Å²) in [7, 11) is -5.27. The summed E-state index contributed by atoms with van der Waals surface area (Å²) in [5.41, 5.74) is 6.73. The number of ether oxygens (including phenoxy) is 3. The number of nitrogen functional groups attached to an aromatic ring is 1. The van der Waals surface area contributed by atoms with Crippen molar-refractivity contribution in [1.82, 2.24) is 29.7 Å². The number of rotatable bonds is 7. The number of phosphoric acid groups is 1. The third kappa shape index (κ3) is 8.70. The van der Waals surface area contributed by atoms with Crippen molar-refractivity contribution in [3.8, 4) is 11.5 Å². The summed E-state index contributed by atoms with van der Waals surface area (Å²) in [6, 6.07) is 10.4. The van der Waals surface area contributed by atoms with E-state index in [1.807, 2.05) is 0 Å². The number of amides is 2. The Morgan fingerprint density at radius 1 is 0.966 bits per heavy atom. The number of anilines is 1. The van der Waals surface area contributed by atoms with Gasteiger partial charge in [-0.2, -0.15) is 0 Å². The van der Waals surface area contributed by atoms with Crippen molar-refractivity contribution in [3.05, 3.63) is 84.6 Å². The van der Waals surface area contributed by atoms with E-state index in [1.54, 1.807) is 0 Å². The molecule has 6 heterocycles. The molecule has 4 aliphatic rings. The summed E-state index contributed by atoms with van der Waals surface area (Å²) >= 11 is 0.562. The van der Waals surface area contributed by atoms with Gasteiger partial charge < -0.3 is 40.4 Å². The number of nitrogens with zero attached hydrogens (tertiary/aromatic N) is 5. The fourth-order valence-corrected chi connectivity index (χ4v) is 10.7. The average Bonchev–Trinajstić information content (AvgIpc) is 3.86. The molecule has 4 aromatic rings. The van der Waals surface area contributed by atoms with Gasteiger partial charge in [-0.15, -0.1) is 0 Å². The lowest BCUT2D eigenvalue weighted by atomic mass is 10.1. The molecular weight excluding hydrogens is 850 g/mol. The standard InChI is InChI=1S/C33H33F2N7O14P2S/c34-23-20-11-51-58(49,59-13-16-1-7-19(8-2-16)52-32(45)17-3-5-18(43)6-4-17)56-26-21(54-30(24(26)35)41-10-9-22(44)40-33(41)46)12-50-57(47,48)55-27(23)31(53-20)42-15-39-25-28(36)37-14-38-29(25)42/h1-10,14-15,20-24,26-27,30-31,43-44H,11-13H2,(H,40,46)(H,47,48)(H2,36,37,38)/t20-,21-,22?,23-,24-,26-,27-,30-,31-,58+/m1/s1. The zero-order chi connectivity index (χ0) is 41.6. The van der Waals surface area contributed by atoms with Crippen molar-refractivity contribution in [2.24, 2.45) is 0 Å². The van der Waals surface area contributed by atoms with E-state index in [0.29, 0.717) is 16.9 Å². The molecule has 11 atom stereocenters. The number of alkyl halides is 2. The van der Waals surface area contributed by atoms with Crippen molar-refractivity contribution < 1.29 is 74.9 Å². The highest BCUT2D eigenvalue weighted by Gasteiger charge is 2.56. The summed E-state index contributed by atoms with van der Waals surface area (Å²) in [5, 5.41) is 21.4. The molecule has 3 fully saturated rings. The van der Waals surface area contributed by atoms with Crippen LogP contribution in [-0.4, -0.2) is 114 Å². The van der Waals surface area contributed by atoms with Crippen LogP contribution in [0.15, 0.2) is 73.5 Å². The first-order valence-corrected chi connectivity index (χ1v) is 22.1. The first kappa shape index (κ1) is 41.2. The molecule has 0 radical (unpaired) electrons. The number of halogens is 2. The van der Waals surface area contributed by atoms with E-state index < -0.39 is 95.3 Å². The Hall–Kier alpha value is -4.58. The molecule has 6 N–H and O–H groups in total. The van der Waals surface area contributed by atoms with Crippen molar-refractivity contribution in [2.75, 3.05) is 18.9 Å². The van der Waals surface area contributed by atoms with Gasteiger partial charge >= 0.3 is 26.6 Å². The second-order valence-corrected chi connectivity index (χ2v) is 18.7. The molecule has 3 saturated heterocycles. The largest absolute Gasteiger partial charge is 0.508 e. The molecule has 2 amide bonds. The molecule has 4 aliphatic heterocycles. The van der Waals surface area contributed by atoms with Crippen LogP contribution in [-0.2, 0) is 42.5 Å². The lowest BCUT2D eigenvalue weighted by Crippen LogP contribution is -2.52. The monoisotopic (exact) mass is 883 g/mol. The average molecular weight is 884 g/mol. The van der Waals surface area contributed by atoms with E-state index in [0.717, 1.165) is 23.5 Å². The fraction of sp³-hybridized carbons (Fsp3) is 0.364. The quantitative estimate of drug-likeness (QED) is 0.101. The number of aromatic hydroxyl groups is 1. The summed E-state index contributed by atoms with van der Waals surface area (Å²) in [6.45, 7) is -6.46. The normalized spacial score (nSPS) is 33.7. The van der Waals surface area contributed by atoms with Gasteiger partial charge in [0, 0.05) is 12.0 Å². The van der Waals surface area contributed by atoms with Gasteiger partial charge in [0.25, 0.3) is 0 Å². The highest BCUT2D eigenvalue weighted by molar-refractivity contribution is 8.54. The molecule has 0 aliphatic carbocycles. The Morgan fingerprint density at radius 3 is 2.44 bits per heavy atom. The molecule has 0 spiro atoms. The molecule has 26 heteroatoms. The predicted octanol–water partition coefficient (Wildman–Crippen LogP) is 3.45. The summed E-state index contributed by atoms with van der Waals surface area (Å²) in [5.74, 6) is -0.740. The van der Waals surface area contributed by atoms with E-state index in [1.165, 1.54) is 59.4 Å². The molecule has 2 bridgehead atoms. The number of esters is 1. The number of nitrogens with two attached hydrogens (primary N) is 1. The molecule has 8 rings (SSSR count). The van der Waals surface area contributed by atoms with Gasteiger partial charge in [0.05, 0.1) is 25.1 Å². The number of aliphatic hydroxyl groups is 1. The third-order valence-electron chi connectivity index (χ3n) is 9.33. The maximum absolute atomic E-state index is 16.4. The number of aromatic nitrogens is 4. The first-order valence-electron chi connectivity index (χ1n) is 17.5. The topological polar surface area (TPSA) is 278 Å². The van der Waals surface area contributed by atoms with Crippen LogP contribution in [0.2, 0.25) is 0 Å². The molecule has 2 aromatic heterocycles. The van der Waals surface area contributed by atoms with Crippen LogP contribution in [0.25, 0.3) is 11.2 Å². The van der Waals surface area contributed by atoms with Crippen LogP contribution in [0.5, 0.6) is 11.5 Å². The van der Waals surface area contributed by atoms with E-state index in [-0.39, 0.29) is 39.8 Å². The van der Waals surface area contributed by atoms with Gasteiger partial charge in [-0.3, -0.25) is 27.6 Å². The van der Waals surface area contributed by atoms with Crippen LogP contribution >= 0.6 is 26.0 Å². The van der Waals surface area contributed by atoms with E-state index in [4.69, 9.17) is 38.0 Å².